The quantitative estimate of drug-likeness (QED) is 0.759. The summed E-state index contributed by atoms with van der Waals surface area (Å²) in [6, 6.07) is 0.346. The molecule has 0 aromatic rings. The van der Waals surface area contributed by atoms with Crippen LogP contribution < -0.4 is 5.73 Å². The molecule has 0 fully saturated rings. The maximum Gasteiger partial charge on any atom is 0.223 e. The third kappa shape index (κ3) is 5.50. The summed E-state index contributed by atoms with van der Waals surface area (Å²) in [5, 5.41) is 0. The minimum Gasteiger partial charge on any atom is -0.338 e. The first-order valence-electron chi connectivity index (χ1n) is 6.35. The van der Waals surface area contributed by atoms with Crippen LogP contribution in [0.1, 0.15) is 53.9 Å². The summed E-state index contributed by atoms with van der Waals surface area (Å²) >= 11 is 0. The van der Waals surface area contributed by atoms with E-state index < -0.39 is 0 Å². The van der Waals surface area contributed by atoms with Crippen LogP contribution >= 0.6 is 0 Å². The minimum atomic E-state index is 0.0516. The zero-order valence-corrected chi connectivity index (χ0v) is 11.5. The van der Waals surface area contributed by atoms with Crippen molar-refractivity contribution >= 4 is 5.91 Å². The average molecular weight is 228 g/mol. The molecule has 0 aliphatic heterocycles. The van der Waals surface area contributed by atoms with Crippen molar-refractivity contribution in [2.75, 3.05) is 13.1 Å². The zero-order valence-electron chi connectivity index (χ0n) is 11.5. The van der Waals surface area contributed by atoms with Crippen LogP contribution in [0.2, 0.25) is 0 Å². The summed E-state index contributed by atoms with van der Waals surface area (Å²) in [7, 11) is 0. The zero-order chi connectivity index (χ0) is 12.8. The molecule has 0 aliphatic carbocycles. The predicted molar refractivity (Wildman–Crippen MR) is 69.2 cm³/mol. The first kappa shape index (κ1) is 15.4. The number of carbonyl (C=O) groups is 1. The molecule has 0 aromatic carbocycles. The van der Waals surface area contributed by atoms with Crippen LogP contribution in [0.15, 0.2) is 0 Å². The maximum absolute atomic E-state index is 12.2. The summed E-state index contributed by atoms with van der Waals surface area (Å²) in [5.74, 6) is 0.242. The topological polar surface area (TPSA) is 46.3 Å². The minimum absolute atomic E-state index is 0.0516. The Labute approximate surface area is 100 Å². The first-order chi connectivity index (χ1) is 7.35. The Bertz CT molecular complexity index is 204. The van der Waals surface area contributed by atoms with Gasteiger partial charge in [0.25, 0.3) is 0 Å². The van der Waals surface area contributed by atoms with Crippen LogP contribution in [0.4, 0.5) is 0 Å². The van der Waals surface area contributed by atoms with Crippen molar-refractivity contribution in [1.82, 2.24) is 4.90 Å². The van der Waals surface area contributed by atoms with Crippen LogP contribution in [0, 0.1) is 5.41 Å². The molecule has 0 spiro atoms. The molecule has 0 saturated carbocycles. The van der Waals surface area contributed by atoms with Gasteiger partial charge in [0, 0.05) is 25.6 Å². The highest BCUT2D eigenvalue weighted by Gasteiger charge is 2.24. The molecule has 0 aromatic heterocycles. The van der Waals surface area contributed by atoms with E-state index >= 15 is 0 Å². The Morgan fingerprint density at radius 2 is 1.75 bits per heavy atom. The van der Waals surface area contributed by atoms with Crippen molar-refractivity contribution in [2.24, 2.45) is 11.1 Å². The summed E-state index contributed by atoms with van der Waals surface area (Å²) < 4.78 is 0. The largest absolute Gasteiger partial charge is 0.338 e. The lowest BCUT2D eigenvalue weighted by molar-refractivity contribution is -0.135. The van der Waals surface area contributed by atoms with E-state index in [1.165, 1.54) is 0 Å². The number of nitrogens with zero attached hydrogens (tertiary/aromatic N) is 1. The third-order valence-corrected chi connectivity index (χ3v) is 2.76. The third-order valence-electron chi connectivity index (χ3n) is 2.76. The molecule has 3 nitrogen and oxygen atoms in total. The van der Waals surface area contributed by atoms with Gasteiger partial charge in [-0.25, -0.2) is 0 Å². The second-order valence-electron chi connectivity index (χ2n) is 5.58. The molecule has 16 heavy (non-hydrogen) atoms. The van der Waals surface area contributed by atoms with Gasteiger partial charge in [0.15, 0.2) is 0 Å². The van der Waals surface area contributed by atoms with E-state index in [1.54, 1.807) is 0 Å². The highest BCUT2D eigenvalue weighted by atomic mass is 16.2. The van der Waals surface area contributed by atoms with E-state index in [9.17, 15) is 4.79 Å². The Kier molecular flexibility index (Phi) is 6.65. The number of hydrogen-bond donors (Lipinski definition) is 1. The van der Waals surface area contributed by atoms with Gasteiger partial charge in [-0.1, -0.05) is 34.6 Å². The smallest absolute Gasteiger partial charge is 0.223 e. The van der Waals surface area contributed by atoms with E-state index in [2.05, 4.69) is 34.6 Å². The van der Waals surface area contributed by atoms with Crippen LogP contribution in [-0.2, 0) is 4.79 Å². The Balaban J connectivity index is 4.57. The van der Waals surface area contributed by atoms with E-state index in [-0.39, 0.29) is 11.3 Å². The van der Waals surface area contributed by atoms with Crippen LogP contribution in [-0.4, -0.2) is 29.9 Å². The standard InChI is InChI=1S/C13H28N2O/c1-6-11(7-2)15(9-8-14)12(16)10-13(3,4)5/h11H,6-10,14H2,1-5H3. The van der Waals surface area contributed by atoms with Gasteiger partial charge in [0.1, 0.15) is 0 Å². The molecule has 96 valence electrons. The Morgan fingerprint density at radius 3 is 2.06 bits per heavy atom. The molecule has 2 N–H and O–H groups in total. The van der Waals surface area contributed by atoms with Crippen molar-refractivity contribution in [3.05, 3.63) is 0 Å². The predicted octanol–water partition coefficient (Wildman–Crippen LogP) is 2.40. The number of amides is 1. The summed E-state index contributed by atoms with van der Waals surface area (Å²) in [6.07, 6.45) is 2.61. The van der Waals surface area contributed by atoms with Crippen molar-refractivity contribution in [3.8, 4) is 0 Å². The summed E-state index contributed by atoms with van der Waals surface area (Å²) in [4.78, 5) is 14.1. The van der Waals surface area contributed by atoms with E-state index in [0.717, 1.165) is 12.8 Å². The van der Waals surface area contributed by atoms with Gasteiger partial charge >= 0.3 is 0 Å². The second-order valence-corrected chi connectivity index (χ2v) is 5.58. The Morgan fingerprint density at radius 1 is 1.25 bits per heavy atom. The molecule has 3 heteroatoms. The lowest BCUT2D eigenvalue weighted by Gasteiger charge is -2.32. The lowest BCUT2D eigenvalue weighted by Crippen LogP contribution is -2.43. The normalized spacial score (nSPS) is 11.9. The number of carbonyl (C=O) groups excluding carboxylic acids is 1. The molecule has 1 amide bonds. The van der Waals surface area contributed by atoms with E-state index in [0.29, 0.717) is 25.6 Å². The fourth-order valence-corrected chi connectivity index (χ4v) is 1.93. The number of nitrogens with two attached hydrogens (primary N) is 1. The molecular weight excluding hydrogens is 200 g/mol. The second kappa shape index (κ2) is 6.89. The fraction of sp³-hybridized carbons (Fsp3) is 0.923. The SMILES string of the molecule is CCC(CC)N(CCN)C(=O)CC(C)(C)C. The van der Waals surface area contributed by atoms with E-state index in [1.807, 2.05) is 4.90 Å². The molecule has 0 saturated heterocycles. The van der Waals surface area contributed by atoms with Gasteiger partial charge in [-0.2, -0.15) is 0 Å². The molecule has 0 bridgehead atoms. The van der Waals surface area contributed by atoms with E-state index in [4.69, 9.17) is 5.73 Å². The van der Waals surface area contributed by atoms with Crippen LogP contribution in [0.5, 0.6) is 0 Å². The molecular formula is C13H28N2O. The molecule has 0 radical (unpaired) electrons. The van der Waals surface area contributed by atoms with Gasteiger partial charge in [0.2, 0.25) is 5.91 Å². The average Bonchev–Trinajstić information content (AvgIpc) is 2.15. The number of rotatable bonds is 6. The molecule has 0 unspecified atom stereocenters. The van der Waals surface area contributed by atoms with Gasteiger partial charge in [-0.15, -0.1) is 0 Å². The first-order valence-corrected chi connectivity index (χ1v) is 6.35. The van der Waals surface area contributed by atoms with Crippen LogP contribution in [0.3, 0.4) is 0 Å². The maximum atomic E-state index is 12.2. The highest BCUT2D eigenvalue weighted by Crippen LogP contribution is 2.21. The fourth-order valence-electron chi connectivity index (χ4n) is 1.93. The van der Waals surface area contributed by atoms with Gasteiger partial charge in [0.05, 0.1) is 0 Å². The molecule has 0 aliphatic rings. The highest BCUT2D eigenvalue weighted by molar-refractivity contribution is 5.77. The monoisotopic (exact) mass is 228 g/mol. The number of hydrogen-bond acceptors (Lipinski definition) is 2. The van der Waals surface area contributed by atoms with Gasteiger partial charge in [-0.05, 0) is 18.3 Å². The Hall–Kier alpha value is -0.570. The van der Waals surface area contributed by atoms with Gasteiger partial charge in [-0.3, -0.25) is 4.79 Å². The molecule has 0 atom stereocenters. The van der Waals surface area contributed by atoms with Crippen molar-refractivity contribution in [2.45, 2.75) is 59.9 Å². The van der Waals surface area contributed by atoms with Crippen LogP contribution in [0.25, 0.3) is 0 Å². The lowest BCUT2D eigenvalue weighted by atomic mass is 9.91. The summed E-state index contributed by atoms with van der Waals surface area (Å²) in [6.45, 7) is 11.8. The van der Waals surface area contributed by atoms with Crippen molar-refractivity contribution < 1.29 is 4.79 Å². The molecule has 0 heterocycles. The summed E-state index contributed by atoms with van der Waals surface area (Å²) in [5.41, 5.74) is 5.64. The van der Waals surface area contributed by atoms with Crippen molar-refractivity contribution in [1.29, 1.82) is 0 Å². The molecule has 0 rings (SSSR count). The van der Waals surface area contributed by atoms with Gasteiger partial charge < -0.3 is 10.6 Å². The van der Waals surface area contributed by atoms with Crippen molar-refractivity contribution in [3.63, 3.8) is 0 Å².